The molecule has 1 atom stereocenters. The monoisotopic (exact) mass is 490 g/mol. The first-order chi connectivity index (χ1) is 18.1. The van der Waals surface area contributed by atoms with Crippen LogP contribution in [-0.4, -0.2) is 31.3 Å². The van der Waals surface area contributed by atoms with Crippen LogP contribution >= 0.6 is 0 Å². The summed E-state index contributed by atoms with van der Waals surface area (Å²) in [7, 11) is 1.54. The third-order valence-electron chi connectivity index (χ3n) is 6.66. The number of ketones is 1. The van der Waals surface area contributed by atoms with Crippen LogP contribution in [0.15, 0.2) is 109 Å². The Bertz CT molecular complexity index is 1440. The predicted molar refractivity (Wildman–Crippen MR) is 142 cm³/mol. The fraction of sp³-hybridized carbons (Fsp3) is 0.129. The summed E-state index contributed by atoms with van der Waals surface area (Å²) < 4.78 is 5.31. The van der Waals surface area contributed by atoms with E-state index in [4.69, 9.17) is 4.74 Å². The van der Waals surface area contributed by atoms with Crippen LogP contribution in [0.2, 0.25) is 0 Å². The second-order valence-electron chi connectivity index (χ2n) is 8.78. The molecule has 0 aromatic heterocycles. The number of nitrogens with one attached hydrogen (secondary N) is 1. The van der Waals surface area contributed by atoms with Crippen LogP contribution in [0.1, 0.15) is 31.8 Å². The van der Waals surface area contributed by atoms with Crippen molar-refractivity contribution in [3.63, 3.8) is 0 Å². The number of methoxy groups -OCH3 is 1. The molecule has 0 radical (unpaired) electrons. The molecule has 0 saturated heterocycles. The number of anilines is 1. The summed E-state index contributed by atoms with van der Waals surface area (Å²) in [5.74, 6) is -0.867. The number of nitrogens with zero attached hydrogens (tertiary/aromatic N) is 1. The number of carbonyl (C=O) groups excluding carboxylic acids is 3. The molecule has 2 amide bonds. The van der Waals surface area contributed by atoms with Gasteiger partial charge in [-0.05, 0) is 53.9 Å². The Kier molecular flexibility index (Phi) is 6.56. The number of hydrogen-bond acceptors (Lipinski definition) is 4. The van der Waals surface area contributed by atoms with E-state index in [1.807, 2.05) is 36.4 Å². The summed E-state index contributed by atoms with van der Waals surface area (Å²) in [5, 5.41) is 2.96. The van der Waals surface area contributed by atoms with Gasteiger partial charge in [-0.3, -0.25) is 19.3 Å². The van der Waals surface area contributed by atoms with Gasteiger partial charge in [0.05, 0.1) is 12.8 Å². The highest BCUT2D eigenvalue weighted by Gasteiger charge is 2.60. The SMILES string of the molecule is COc1ccc(C2(C(=O)NCCc3ccccc3)C(=O)c3ccccc3N2C(=O)c2ccccc2)cc1. The fourth-order valence-electron chi connectivity index (χ4n) is 4.83. The molecule has 4 aromatic rings. The molecule has 0 bridgehead atoms. The minimum absolute atomic E-state index is 0.303. The van der Waals surface area contributed by atoms with Crippen molar-refractivity contribution in [2.24, 2.45) is 0 Å². The molecular weight excluding hydrogens is 464 g/mol. The van der Waals surface area contributed by atoms with Crippen molar-refractivity contribution in [2.45, 2.75) is 12.0 Å². The van der Waals surface area contributed by atoms with Crippen molar-refractivity contribution in [2.75, 3.05) is 18.6 Å². The normalized spacial score (nSPS) is 16.2. The summed E-state index contributed by atoms with van der Waals surface area (Å²) in [4.78, 5) is 43.8. The largest absolute Gasteiger partial charge is 0.497 e. The number of para-hydroxylation sites is 1. The van der Waals surface area contributed by atoms with Crippen molar-refractivity contribution in [1.82, 2.24) is 5.32 Å². The molecule has 6 heteroatoms. The second kappa shape index (κ2) is 10.1. The van der Waals surface area contributed by atoms with E-state index in [0.29, 0.717) is 41.1 Å². The third kappa shape index (κ3) is 4.16. The Morgan fingerprint density at radius 2 is 1.43 bits per heavy atom. The molecule has 1 heterocycles. The van der Waals surface area contributed by atoms with Gasteiger partial charge in [0.15, 0.2) is 0 Å². The van der Waals surface area contributed by atoms with Crippen LogP contribution < -0.4 is 15.0 Å². The van der Waals surface area contributed by atoms with E-state index in [-0.39, 0.29) is 0 Å². The molecule has 5 rings (SSSR count). The Hall–Kier alpha value is -4.71. The summed E-state index contributed by atoms with van der Waals surface area (Å²) in [6, 6.07) is 32.0. The molecular formula is C31H26N2O4. The first kappa shape index (κ1) is 24.0. The minimum atomic E-state index is -1.92. The van der Waals surface area contributed by atoms with E-state index in [2.05, 4.69) is 5.32 Å². The van der Waals surface area contributed by atoms with Gasteiger partial charge in [-0.25, -0.2) is 0 Å². The summed E-state index contributed by atoms with van der Waals surface area (Å²) in [5.41, 5.74) is 0.619. The van der Waals surface area contributed by atoms with Crippen LogP contribution in [0.4, 0.5) is 5.69 Å². The van der Waals surface area contributed by atoms with Crippen molar-refractivity contribution in [3.8, 4) is 5.75 Å². The van der Waals surface area contributed by atoms with E-state index in [1.165, 1.54) is 4.90 Å². The Balaban J connectivity index is 1.63. The molecule has 1 aliphatic rings. The first-order valence-corrected chi connectivity index (χ1v) is 12.1. The van der Waals surface area contributed by atoms with E-state index >= 15 is 0 Å². The maximum absolute atomic E-state index is 14.2. The first-order valence-electron chi connectivity index (χ1n) is 12.1. The smallest absolute Gasteiger partial charge is 0.259 e. The summed E-state index contributed by atoms with van der Waals surface area (Å²) in [6.45, 7) is 0.303. The molecule has 1 unspecified atom stereocenters. The van der Waals surface area contributed by atoms with Crippen molar-refractivity contribution in [3.05, 3.63) is 131 Å². The number of benzene rings is 4. The van der Waals surface area contributed by atoms with Crippen LogP contribution in [-0.2, 0) is 16.8 Å². The molecule has 184 valence electrons. The van der Waals surface area contributed by atoms with Crippen LogP contribution in [0.5, 0.6) is 5.75 Å². The number of carbonyl (C=O) groups is 3. The fourth-order valence-corrected chi connectivity index (χ4v) is 4.83. The van der Waals surface area contributed by atoms with Crippen molar-refractivity contribution >= 4 is 23.3 Å². The molecule has 4 aromatic carbocycles. The zero-order valence-corrected chi connectivity index (χ0v) is 20.4. The molecule has 1 N–H and O–H groups in total. The van der Waals surface area contributed by atoms with Gasteiger partial charge < -0.3 is 10.1 Å². The summed E-state index contributed by atoms with van der Waals surface area (Å²) in [6.07, 6.45) is 0.582. The number of rotatable bonds is 7. The topological polar surface area (TPSA) is 75.7 Å². The standard InChI is InChI=1S/C31H26N2O4/c1-37-25-18-16-24(17-19-25)31(30(36)32-21-20-22-10-4-2-5-11-22)28(34)26-14-8-9-15-27(26)33(31)29(35)23-12-6-3-7-13-23/h2-19H,20-21H2,1H3,(H,32,36). The molecule has 0 fully saturated rings. The van der Waals surface area contributed by atoms with Gasteiger partial charge in [-0.15, -0.1) is 0 Å². The second-order valence-corrected chi connectivity index (χ2v) is 8.78. The van der Waals surface area contributed by atoms with Crippen molar-refractivity contribution in [1.29, 1.82) is 0 Å². The van der Waals surface area contributed by atoms with Crippen LogP contribution in [0, 0.1) is 0 Å². The molecule has 0 saturated carbocycles. The van der Waals surface area contributed by atoms with E-state index in [9.17, 15) is 14.4 Å². The van der Waals surface area contributed by atoms with Gasteiger partial charge in [-0.2, -0.15) is 0 Å². The van der Waals surface area contributed by atoms with Gasteiger partial charge in [-0.1, -0.05) is 72.8 Å². The van der Waals surface area contributed by atoms with Crippen LogP contribution in [0.25, 0.3) is 0 Å². The van der Waals surface area contributed by atoms with Gasteiger partial charge in [0.25, 0.3) is 11.8 Å². The third-order valence-corrected chi connectivity index (χ3v) is 6.66. The predicted octanol–water partition coefficient (Wildman–Crippen LogP) is 4.79. The number of fused-ring (bicyclic) bond motifs is 1. The molecule has 0 spiro atoms. The average Bonchev–Trinajstić information content (AvgIpc) is 3.23. The molecule has 1 aliphatic heterocycles. The maximum atomic E-state index is 14.2. The van der Waals surface area contributed by atoms with E-state index in [0.717, 1.165) is 5.56 Å². The van der Waals surface area contributed by atoms with Gasteiger partial charge in [0, 0.05) is 17.7 Å². The van der Waals surface area contributed by atoms with Gasteiger partial charge >= 0.3 is 0 Å². The van der Waals surface area contributed by atoms with Crippen molar-refractivity contribution < 1.29 is 19.1 Å². The molecule has 37 heavy (non-hydrogen) atoms. The number of hydrogen-bond donors (Lipinski definition) is 1. The molecule has 0 aliphatic carbocycles. The lowest BCUT2D eigenvalue weighted by Gasteiger charge is -2.36. The zero-order valence-electron chi connectivity index (χ0n) is 20.4. The van der Waals surface area contributed by atoms with E-state index < -0.39 is 23.1 Å². The average molecular weight is 491 g/mol. The minimum Gasteiger partial charge on any atom is -0.497 e. The number of amides is 2. The summed E-state index contributed by atoms with van der Waals surface area (Å²) >= 11 is 0. The van der Waals surface area contributed by atoms with Gasteiger partial charge in [0.2, 0.25) is 11.3 Å². The zero-order chi connectivity index (χ0) is 25.8. The Morgan fingerprint density at radius 3 is 2.11 bits per heavy atom. The van der Waals surface area contributed by atoms with E-state index in [1.54, 1.807) is 79.9 Å². The Morgan fingerprint density at radius 1 is 0.811 bits per heavy atom. The number of Topliss-reactive ketones (excluding diaryl/α,β-unsaturated/α-hetero) is 1. The number of ether oxygens (including phenoxy) is 1. The molecule has 6 nitrogen and oxygen atoms in total. The lowest BCUT2D eigenvalue weighted by Crippen LogP contribution is -2.60. The lowest BCUT2D eigenvalue weighted by molar-refractivity contribution is -0.124. The van der Waals surface area contributed by atoms with Crippen LogP contribution in [0.3, 0.4) is 0 Å². The highest BCUT2D eigenvalue weighted by atomic mass is 16.5. The quantitative estimate of drug-likeness (QED) is 0.378. The van der Waals surface area contributed by atoms with Gasteiger partial charge in [0.1, 0.15) is 5.75 Å². The highest BCUT2D eigenvalue weighted by molar-refractivity contribution is 6.32. The Labute approximate surface area is 215 Å². The lowest BCUT2D eigenvalue weighted by atomic mass is 9.83. The highest BCUT2D eigenvalue weighted by Crippen LogP contribution is 2.46. The maximum Gasteiger partial charge on any atom is 0.259 e.